The van der Waals surface area contributed by atoms with E-state index in [1.54, 1.807) is 6.07 Å². The number of rotatable bonds is 10. The average molecular weight is 620 g/mol. The topological polar surface area (TPSA) is 109 Å². The van der Waals surface area contributed by atoms with Crippen molar-refractivity contribution in [1.82, 2.24) is 25.6 Å². The summed E-state index contributed by atoms with van der Waals surface area (Å²) < 4.78 is 72.6. The van der Waals surface area contributed by atoms with Gasteiger partial charge in [0.05, 0.1) is 22.7 Å². The third kappa shape index (κ3) is 6.81. The molecule has 0 bridgehead atoms. The van der Waals surface area contributed by atoms with Gasteiger partial charge in [0.1, 0.15) is 19.0 Å². The Labute approximate surface area is 250 Å². The Morgan fingerprint density at radius 3 is 2.23 bits per heavy atom. The SMILES string of the molecule is O=C(NC(c1nc2nc(C3(C(=O)NCC(F)(F)F)CCC(F)(F)CC3)ccc2[nH]1)C(C1CC1)C1CC1)OCc1ccccc1. The second kappa shape index (κ2) is 11.6. The summed E-state index contributed by atoms with van der Waals surface area (Å²) in [4.78, 5) is 38.6. The Kier molecular flexibility index (Phi) is 8.00. The number of nitrogens with zero attached hydrogens (tertiary/aromatic N) is 2. The number of hydrogen-bond acceptors (Lipinski definition) is 5. The van der Waals surface area contributed by atoms with Crippen LogP contribution in [0.4, 0.5) is 26.7 Å². The van der Waals surface area contributed by atoms with Crippen LogP contribution in [0.2, 0.25) is 0 Å². The summed E-state index contributed by atoms with van der Waals surface area (Å²) in [6, 6.07) is 11.9. The van der Waals surface area contributed by atoms with Crippen LogP contribution in [0.3, 0.4) is 0 Å². The Hall–Kier alpha value is -3.77. The molecular formula is C31H34F5N5O3. The summed E-state index contributed by atoms with van der Waals surface area (Å²) in [6.45, 7) is -1.48. The highest BCUT2D eigenvalue weighted by Crippen LogP contribution is 2.54. The minimum absolute atomic E-state index is 0.0888. The van der Waals surface area contributed by atoms with E-state index in [0.717, 1.165) is 31.2 Å². The molecule has 0 radical (unpaired) electrons. The Bertz CT molecular complexity index is 1480. The summed E-state index contributed by atoms with van der Waals surface area (Å²) in [5.41, 5.74) is -0.0534. The summed E-state index contributed by atoms with van der Waals surface area (Å²) in [5, 5.41) is 4.91. The number of hydrogen-bond donors (Lipinski definition) is 3. The van der Waals surface area contributed by atoms with E-state index < -0.39 is 54.9 Å². The monoisotopic (exact) mass is 619 g/mol. The maximum Gasteiger partial charge on any atom is 0.408 e. The predicted octanol–water partition coefficient (Wildman–Crippen LogP) is 6.49. The summed E-state index contributed by atoms with van der Waals surface area (Å²) in [7, 11) is 0. The molecular weight excluding hydrogens is 585 g/mol. The molecule has 3 fully saturated rings. The van der Waals surface area contributed by atoms with E-state index in [1.807, 2.05) is 35.6 Å². The van der Waals surface area contributed by atoms with Gasteiger partial charge < -0.3 is 20.4 Å². The average Bonchev–Trinajstić information content (AvgIpc) is 3.93. The molecule has 44 heavy (non-hydrogen) atoms. The molecule has 3 aromatic rings. The maximum absolute atomic E-state index is 14.1. The number of fused-ring (bicyclic) bond motifs is 1. The van der Waals surface area contributed by atoms with Gasteiger partial charge in [-0.1, -0.05) is 30.3 Å². The number of pyridine rings is 1. The zero-order valence-electron chi connectivity index (χ0n) is 23.9. The van der Waals surface area contributed by atoms with Crippen LogP contribution in [0, 0.1) is 17.8 Å². The number of halogens is 5. The third-order valence-electron chi connectivity index (χ3n) is 9.07. The fourth-order valence-electron chi connectivity index (χ4n) is 6.45. The van der Waals surface area contributed by atoms with Crippen LogP contribution in [-0.4, -0.2) is 45.6 Å². The number of ether oxygens (including phenoxy) is 1. The van der Waals surface area contributed by atoms with Crippen molar-refractivity contribution in [3.8, 4) is 0 Å². The van der Waals surface area contributed by atoms with Gasteiger partial charge in [0.25, 0.3) is 0 Å². The van der Waals surface area contributed by atoms with Gasteiger partial charge >= 0.3 is 12.3 Å². The van der Waals surface area contributed by atoms with Crippen LogP contribution >= 0.6 is 0 Å². The van der Waals surface area contributed by atoms with Crippen LogP contribution in [0.15, 0.2) is 42.5 Å². The highest BCUT2D eigenvalue weighted by Gasteiger charge is 2.51. The molecule has 3 aliphatic rings. The fraction of sp³-hybridized carbons (Fsp3) is 0.548. The van der Waals surface area contributed by atoms with Gasteiger partial charge in [-0.25, -0.2) is 23.5 Å². The lowest BCUT2D eigenvalue weighted by molar-refractivity contribution is -0.145. The first-order chi connectivity index (χ1) is 20.9. The first kappa shape index (κ1) is 30.3. The molecule has 3 N–H and O–H groups in total. The van der Waals surface area contributed by atoms with Gasteiger partial charge in [0, 0.05) is 12.8 Å². The molecule has 1 unspecified atom stereocenters. The lowest BCUT2D eigenvalue weighted by atomic mass is 9.69. The normalized spacial score (nSPS) is 20.3. The predicted molar refractivity (Wildman–Crippen MR) is 149 cm³/mol. The Morgan fingerprint density at radius 1 is 0.955 bits per heavy atom. The van der Waals surface area contributed by atoms with Crippen molar-refractivity contribution >= 4 is 23.2 Å². The number of nitrogens with one attached hydrogen (secondary N) is 3. The highest BCUT2D eigenvalue weighted by molar-refractivity contribution is 5.88. The molecule has 6 rings (SSSR count). The number of H-pyrrole nitrogens is 1. The van der Waals surface area contributed by atoms with Gasteiger partial charge in [0.2, 0.25) is 11.8 Å². The molecule has 3 saturated carbocycles. The van der Waals surface area contributed by atoms with Crippen molar-refractivity contribution in [2.75, 3.05) is 6.54 Å². The van der Waals surface area contributed by atoms with Crippen molar-refractivity contribution < 1.29 is 36.3 Å². The van der Waals surface area contributed by atoms with Crippen LogP contribution in [0.1, 0.15) is 74.5 Å². The van der Waals surface area contributed by atoms with Gasteiger partial charge in [-0.2, -0.15) is 13.2 Å². The van der Waals surface area contributed by atoms with Crippen LogP contribution in [-0.2, 0) is 21.6 Å². The fourth-order valence-corrected chi connectivity index (χ4v) is 6.45. The second-order valence-electron chi connectivity index (χ2n) is 12.4. The van der Waals surface area contributed by atoms with E-state index >= 15 is 0 Å². The Morgan fingerprint density at radius 2 is 1.61 bits per heavy atom. The lowest BCUT2D eigenvalue weighted by Gasteiger charge is -2.38. The molecule has 13 heteroatoms. The van der Waals surface area contributed by atoms with E-state index in [9.17, 15) is 31.5 Å². The van der Waals surface area contributed by atoms with Gasteiger partial charge in [-0.05, 0) is 74.0 Å². The number of alkyl carbamates (subject to hydrolysis) is 1. The molecule has 2 aromatic heterocycles. The third-order valence-corrected chi connectivity index (χ3v) is 9.07. The number of imidazole rings is 1. The smallest absolute Gasteiger partial charge is 0.408 e. The molecule has 0 spiro atoms. The first-order valence-electron chi connectivity index (χ1n) is 15.0. The summed E-state index contributed by atoms with van der Waals surface area (Å²) >= 11 is 0. The quantitative estimate of drug-likeness (QED) is 0.225. The molecule has 3 aliphatic carbocycles. The van der Waals surface area contributed by atoms with Gasteiger partial charge in [0.15, 0.2) is 5.65 Å². The van der Waals surface area contributed by atoms with Crippen LogP contribution in [0.5, 0.6) is 0 Å². The molecule has 0 saturated heterocycles. The van der Waals surface area contributed by atoms with Crippen molar-refractivity contribution in [2.45, 2.75) is 81.5 Å². The van der Waals surface area contributed by atoms with E-state index in [-0.39, 0.29) is 36.7 Å². The number of aromatic nitrogens is 3. The van der Waals surface area contributed by atoms with Gasteiger partial charge in [-0.15, -0.1) is 0 Å². The Balaban J connectivity index is 1.29. The minimum Gasteiger partial charge on any atom is -0.445 e. The number of amides is 2. The maximum atomic E-state index is 14.1. The van der Waals surface area contributed by atoms with Crippen molar-refractivity contribution in [3.63, 3.8) is 0 Å². The summed E-state index contributed by atoms with van der Waals surface area (Å²) in [5.74, 6) is -2.59. The standard InChI is InChI=1S/C31H34F5N5O3/c32-30(33)14-12-29(13-15-30,27(42)37-17-31(34,35)36)22-11-10-21-25(39-22)41-26(38-21)24(23(19-6-7-19)20-8-9-20)40-28(43)44-16-18-4-2-1-3-5-18/h1-5,10-11,19-20,23-24H,6-9,12-17H2,(H,37,42)(H,40,43)(H,38,39,41). The largest absolute Gasteiger partial charge is 0.445 e. The number of aromatic amines is 1. The zero-order valence-corrected chi connectivity index (χ0v) is 23.9. The number of alkyl halides is 5. The van der Waals surface area contributed by atoms with Crippen molar-refractivity contribution in [2.24, 2.45) is 17.8 Å². The first-order valence-corrected chi connectivity index (χ1v) is 15.0. The van der Waals surface area contributed by atoms with Crippen LogP contribution < -0.4 is 10.6 Å². The minimum atomic E-state index is -4.66. The molecule has 236 valence electrons. The molecule has 1 aromatic carbocycles. The van der Waals surface area contributed by atoms with E-state index in [0.29, 0.717) is 23.2 Å². The molecule has 2 amide bonds. The van der Waals surface area contributed by atoms with E-state index in [1.165, 1.54) is 6.07 Å². The second-order valence-corrected chi connectivity index (χ2v) is 12.4. The molecule has 0 aliphatic heterocycles. The number of carbonyl (C=O) groups excluding carboxylic acids is 2. The van der Waals surface area contributed by atoms with E-state index in [4.69, 9.17) is 4.74 Å². The van der Waals surface area contributed by atoms with Crippen molar-refractivity contribution in [3.05, 3.63) is 59.5 Å². The van der Waals surface area contributed by atoms with Crippen LogP contribution in [0.25, 0.3) is 11.2 Å². The zero-order chi connectivity index (χ0) is 31.1. The van der Waals surface area contributed by atoms with E-state index in [2.05, 4.69) is 20.3 Å². The summed E-state index contributed by atoms with van der Waals surface area (Å²) in [6.07, 6.45) is -3.11. The number of benzene rings is 1. The van der Waals surface area contributed by atoms with Gasteiger partial charge in [-0.3, -0.25) is 4.79 Å². The van der Waals surface area contributed by atoms with Crippen molar-refractivity contribution in [1.29, 1.82) is 0 Å². The highest BCUT2D eigenvalue weighted by atomic mass is 19.4. The molecule has 2 heterocycles. The number of carbonyl (C=O) groups is 2. The lowest BCUT2D eigenvalue weighted by Crippen LogP contribution is -2.50. The molecule has 1 atom stereocenters. The molecule has 8 nitrogen and oxygen atoms in total.